The van der Waals surface area contributed by atoms with Crippen molar-refractivity contribution in [3.8, 4) is 0 Å². The van der Waals surface area contributed by atoms with E-state index in [-0.39, 0.29) is 0 Å². The Hall–Kier alpha value is -0.610. The molecular formula is C11H19N3S. The van der Waals surface area contributed by atoms with Crippen LogP contribution in [0.15, 0.2) is 11.2 Å². The molecule has 0 amide bonds. The Balaban J connectivity index is 2.72. The number of aromatic nitrogens is 2. The van der Waals surface area contributed by atoms with Crippen molar-refractivity contribution >= 4 is 11.8 Å². The average Bonchev–Trinajstić information content (AvgIpc) is 2.14. The van der Waals surface area contributed by atoms with E-state index < -0.39 is 0 Å². The summed E-state index contributed by atoms with van der Waals surface area (Å²) in [6.07, 6.45) is 0. The zero-order valence-electron chi connectivity index (χ0n) is 10.0. The minimum Gasteiger partial charge on any atom is -0.316 e. The highest BCUT2D eigenvalue weighted by atomic mass is 32.2. The van der Waals surface area contributed by atoms with E-state index in [9.17, 15) is 0 Å². The van der Waals surface area contributed by atoms with Gasteiger partial charge in [-0.05, 0) is 33.9 Å². The summed E-state index contributed by atoms with van der Waals surface area (Å²) in [6.45, 7) is 8.36. The predicted octanol–water partition coefficient (Wildman–Crippen LogP) is 2.18. The van der Waals surface area contributed by atoms with Crippen LogP contribution in [0.4, 0.5) is 0 Å². The minimum absolute atomic E-state index is 0.458. The van der Waals surface area contributed by atoms with Crippen molar-refractivity contribution in [2.75, 3.05) is 7.05 Å². The van der Waals surface area contributed by atoms with Gasteiger partial charge in [-0.1, -0.05) is 18.7 Å². The Kier molecular flexibility index (Phi) is 4.54. The van der Waals surface area contributed by atoms with Gasteiger partial charge in [0.2, 0.25) is 0 Å². The molecule has 1 rings (SSSR count). The lowest BCUT2D eigenvalue weighted by Crippen LogP contribution is -2.30. The molecule has 0 saturated heterocycles. The minimum atomic E-state index is 0.458. The van der Waals surface area contributed by atoms with Crippen LogP contribution in [0.3, 0.4) is 0 Å². The summed E-state index contributed by atoms with van der Waals surface area (Å²) in [5.41, 5.74) is 2.07. The SMILES string of the molecule is CNC(C)C(C)Sc1nc(C)cc(C)n1. The molecule has 1 aromatic rings. The Labute approximate surface area is 96.1 Å². The fraction of sp³-hybridized carbons (Fsp3) is 0.636. The fourth-order valence-corrected chi connectivity index (χ4v) is 2.32. The van der Waals surface area contributed by atoms with Crippen molar-refractivity contribution in [2.45, 2.75) is 44.1 Å². The highest BCUT2D eigenvalue weighted by Crippen LogP contribution is 2.22. The molecule has 0 bridgehead atoms. The number of aryl methyl sites for hydroxylation is 2. The van der Waals surface area contributed by atoms with Gasteiger partial charge in [-0.2, -0.15) is 0 Å². The lowest BCUT2D eigenvalue weighted by molar-refractivity contribution is 0.604. The van der Waals surface area contributed by atoms with Gasteiger partial charge < -0.3 is 5.32 Å². The molecule has 0 radical (unpaired) electrons. The molecular weight excluding hydrogens is 206 g/mol. The molecule has 1 heterocycles. The smallest absolute Gasteiger partial charge is 0.188 e. The molecule has 84 valence electrons. The van der Waals surface area contributed by atoms with E-state index in [1.807, 2.05) is 27.0 Å². The summed E-state index contributed by atoms with van der Waals surface area (Å²) in [5.74, 6) is 0. The normalized spacial score (nSPS) is 15.0. The monoisotopic (exact) mass is 225 g/mol. The molecule has 0 spiro atoms. The molecule has 4 heteroatoms. The second-order valence-corrected chi connectivity index (χ2v) is 5.18. The van der Waals surface area contributed by atoms with Crippen molar-refractivity contribution in [1.82, 2.24) is 15.3 Å². The highest BCUT2D eigenvalue weighted by Gasteiger charge is 2.13. The van der Waals surface area contributed by atoms with Crippen molar-refractivity contribution < 1.29 is 0 Å². The van der Waals surface area contributed by atoms with E-state index >= 15 is 0 Å². The number of nitrogens with one attached hydrogen (secondary N) is 1. The van der Waals surface area contributed by atoms with Crippen LogP contribution in [0.2, 0.25) is 0 Å². The number of nitrogens with zero attached hydrogens (tertiary/aromatic N) is 2. The van der Waals surface area contributed by atoms with Crippen LogP contribution in [0.1, 0.15) is 25.2 Å². The van der Waals surface area contributed by atoms with E-state index in [0.717, 1.165) is 16.5 Å². The van der Waals surface area contributed by atoms with Crippen LogP contribution < -0.4 is 5.32 Å². The van der Waals surface area contributed by atoms with E-state index in [2.05, 4.69) is 29.1 Å². The van der Waals surface area contributed by atoms with E-state index in [0.29, 0.717) is 11.3 Å². The Morgan fingerprint density at radius 3 is 2.20 bits per heavy atom. The van der Waals surface area contributed by atoms with Crippen LogP contribution >= 0.6 is 11.8 Å². The third-order valence-corrected chi connectivity index (χ3v) is 3.59. The first kappa shape index (κ1) is 12.5. The van der Waals surface area contributed by atoms with Gasteiger partial charge in [0.15, 0.2) is 5.16 Å². The quantitative estimate of drug-likeness (QED) is 0.629. The molecule has 1 aromatic heterocycles. The maximum Gasteiger partial charge on any atom is 0.188 e. The lowest BCUT2D eigenvalue weighted by Gasteiger charge is -2.17. The molecule has 0 fully saturated rings. The van der Waals surface area contributed by atoms with Gasteiger partial charge >= 0.3 is 0 Å². The van der Waals surface area contributed by atoms with Crippen molar-refractivity contribution in [3.63, 3.8) is 0 Å². The summed E-state index contributed by atoms with van der Waals surface area (Å²) in [5, 5.41) is 4.58. The highest BCUT2D eigenvalue weighted by molar-refractivity contribution is 7.99. The van der Waals surface area contributed by atoms with E-state index in [1.54, 1.807) is 11.8 Å². The zero-order valence-corrected chi connectivity index (χ0v) is 10.9. The number of thioether (sulfide) groups is 1. The summed E-state index contributed by atoms with van der Waals surface area (Å²) < 4.78 is 0. The van der Waals surface area contributed by atoms with Gasteiger partial charge in [0, 0.05) is 22.7 Å². The van der Waals surface area contributed by atoms with Gasteiger partial charge in [0.25, 0.3) is 0 Å². The van der Waals surface area contributed by atoms with E-state index in [4.69, 9.17) is 0 Å². The maximum absolute atomic E-state index is 4.41. The topological polar surface area (TPSA) is 37.8 Å². The molecule has 0 aromatic carbocycles. The van der Waals surface area contributed by atoms with Crippen LogP contribution in [-0.4, -0.2) is 28.3 Å². The van der Waals surface area contributed by atoms with Crippen LogP contribution in [0.5, 0.6) is 0 Å². The third kappa shape index (κ3) is 3.80. The molecule has 1 N–H and O–H groups in total. The van der Waals surface area contributed by atoms with Gasteiger partial charge in [-0.3, -0.25) is 0 Å². The Morgan fingerprint density at radius 1 is 1.20 bits per heavy atom. The molecule has 3 nitrogen and oxygen atoms in total. The zero-order chi connectivity index (χ0) is 11.4. The van der Waals surface area contributed by atoms with Crippen molar-refractivity contribution in [2.24, 2.45) is 0 Å². The van der Waals surface area contributed by atoms with Gasteiger partial charge in [0.1, 0.15) is 0 Å². The van der Waals surface area contributed by atoms with Crippen LogP contribution in [-0.2, 0) is 0 Å². The van der Waals surface area contributed by atoms with Crippen molar-refractivity contribution in [3.05, 3.63) is 17.5 Å². The first-order valence-corrected chi connectivity index (χ1v) is 6.07. The third-order valence-electron chi connectivity index (χ3n) is 2.41. The summed E-state index contributed by atoms with van der Waals surface area (Å²) in [7, 11) is 1.98. The van der Waals surface area contributed by atoms with E-state index in [1.165, 1.54) is 0 Å². The number of hydrogen-bond acceptors (Lipinski definition) is 4. The standard InChI is InChI=1S/C11H19N3S/c1-7-6-8(2)14-11(13-7)15-10(4)9(3)12-5/h6,9-10,12H,1-5H3. The van der Waals surface area contributed by atoms with Crippen molar-refractivity contribution in [1.29, 1.82) is 0 Å². The Bertz CT molecular complexity index is 307. The summed E-state index contributed by atoms with van der Waals surface area (Å²) in [4.78, 5) is 8.83. The fourth-order valence-electron chi connectivity index (χ4n) is 1.25. The maximum atomic E-state index is 4.41. The van der Waals surface area contributed by atoms with Gasteiger partial charge in [-0.25, -0.2) is 9.97 Å². The molecule has 0 saturated carbocycles. The molecule has 2 atom stereocenters. The average molecular weight is 225 g/mol. The summed E-state index contributed by atoms with van der Waals surface area (Å²) >= 11 is 1.72. The van der Waals surface area contributed by atoms with Gasteiger partial charge in [0.05, 0.1) is 0 Å². The lowest BCUT2D eigenvalue weighted by atomic mass is 10.3. The second kappa shape index (κ2) is 5.47. The van der Waals surface area contributed by atoms with Gasteiger partial charge in [-0.15, -0.1) is 0 Å². The Morgan fingerprint density at radius 2 is 1.73 bits per heavy atom. The van der Waals surface area contributed by atoms with Crippen LogP contribution in [0.25, 0.3) is 0 Å². The molecule has 2 unspecified atom stereocenters. The molecule has 15 heavy (non-hydrogen) atoms. The largest absolute Gasteiger partial charge is 0.316 e. The predicted molar refractivity (Wildman–Crippen MR) is 65.3 cm³/mol. The molecule has 0 aliphatic carbocycles. The number of rotatable bonds is 4. The first-order chi connectivity index (χ1) is 7.02. The van der Waals surface area contributed by atoms with Crippen LogP contribution in [0, 0.1) is 13.8 Å². The summed E-state index contributed by atoms with van der Waals surface area (Å²) in [6, 6.07) is 2.45. The molecule has 0 aliphatic rings. The first-order valence-electron chi connectivity index (χ1n) is 5.19. The number of hydrogen-bond donors (Lipinski definition) is 1. The second-order valence-electron chi connectivity index (χ2n) is 3.83. The molecule has 0 aliphatic heterocycles.